The van der Waals surface area contributed by atoms with Crippen molar-refractivity contribution in [1.82, 2.24) is 15.2 Å². The lowest BCUT2D eigenvalue weighted by atomic mass is 10.0. The Hall–Kier alpha value is -2.93. The van der Waals surface area contributed by atoms with Crippen molar-refractivity contribution in [2.75, 3.05) is 5.75 Å². The van der Waals surface area contributed by atoms with Crippen molar-refractivity contribution >= 4 is 74.2 Å². The summed E-state index contributed by atoms with van der Waals surface area (Å²) in [5.74, 6) is -1.52. The maximum Gasteiger partial charge on any atom is 0.352 e. The topological polar surface area (TPSA) is 117 Å². The molecule has 1 unspecified atom stereocenters. The van der Waals surface area contributed by atoms with Gasteiger partial charge in [-0.05, 0) is 40.6 Å². The van der Waals surface area contributed by atoms with Gasteiger partial charge >= 0.3 is 5.97 Å². The van der Waals surface area contributed by atoms with Crippen molar-refractivity contribution in [3.63, 3.8) is 0 Å². The van der Waals surface area contributed by atoms with Crippen molar-refractivity contribution in [3.8, 4) is 0 Å². The van der Waals surface area contributed by atoms with E-state index in [0.717, 1.165) is 9.09 Å². The average Bonchev–Trinajstić information content (AvgIpc) is 3.35. The van der Waals surface area contributed by atoms with Gasteiger partial charge in [-0.3, -0.25) is 19.3 Å². The lowest BCUT2D eigenvalue weighted by Crippen LogP contribution is -2.70. The van der Waals surface area contributed by atoms with Crippen molar-refractivity contribution in [1.29, 1.82) is 0 Å². The molecular formula is C23H17N3O5S4. The first-order valence-corrected chi connectivity index (χ1v) is 14.0. The van der Waals surface area contributed by atoms with Gasteiger partial charge in [-0.15, -0.1) is 34.4 Å². The molecule has 2 aliphatic rings. The van der Waals surface area contributed by atoms with E-state index < -0.39 is 23.3 Å². The first kappa shape index (κ1) is 23.8. The van der Waals surface area contributed by atoms with E-state index in [9.17, 15) is 24.3 Å². The molecule has 1 saturated heterocycles. The number of carboxylic acids is 1. The Kier molecular flexibility index (Phi) is 6.78. The number of amides is 2. The second-order valence-electron chi connectivity index (χ2n) is 7.60. The number of pyridine rings is 1. The fraction of sp³-hybridized carbons (Fsp3) is 0.174. The molecule has 5 heterocycles. The van der Waals surface area contributed by atoms with E-state index in [1.807, 2.05) is 17.5 Å². The Morgan fingerprint density at radius 1 is 1.29 bits per heavy atom. The summed E-state index contributed by atoms with van der Waals surface area (Å²) in [6.45, 7) is 0. The van der Waals surface area contributed by atoms with Crippen LogP contribution in [0.15, 0.2) is 73.7 Å². The van der Waals surface area contributed by atoms with Crippen molar-refractivity contribution in [3.05, 3.63) is 79.8 Å². The number of hydrogen-bond donors (Lipinski definition) is 2. The molecule has 2 amide bonds. The molecule has 0 saturated carbocycles. The Labute approximate surface area is 215 Å². The van der Waals surface area contributed by atoms with Crippen LogP contribution in [0.5, 0.6) is 0 Å². The van der Waals surface area contributed by atoms with E-state index in [4.69, 9.17) is 0 Å². The molecule has 3 aromatic heterocycles. The number of aromatic nitrogens is 1. The van der Waals surface area contributed by atoms with E-state index in [2.05, 4.69) is 10.3 Å². The summed E-state index contributed by atoms with van der Waals surface area (Å²) in [7, 11) is 0. The normalized spacial score (nSPS) is 19.7. The maximum absolute atomic E-state index is 12.8. The lowest BCUT2D eigenvalue weighted by Gasteiger charge is -2.49. The molecule has 2 N–H and O–H groups in total. The van der Waals surface area contributed by atoms with Crippen LogP contribution in [0.25, 0.3) is 10.2 Å². The number of allylic oxidation sites excluding steroid dienone is 1. The van der Waals surface area contributed by atoms with Crippen molar-refractivity contribution < 1.29 is 19.5 Å². The maximum atomic E-state index is 12.8. The number of thiophene rings is 1. The standard InChI is InChI=1S/C23H17N3O5S4/c27-15-10-17(35-20-14(15)4-1-6-24-20)33-8-5-12-11-34-22-18(21(29)26(22)19(12)23(30)31)25-16(28)9-13-3-2-7-32-13/h1-8,10,18,22H,9,11H2,(H,25,28)(H,30,31)/t18?,22-/m1/s1. The number of aliphatic carboxylic acids is 1. The molecule has 178 valence electrons. The SMILES string of the molecule is O=C(Cc1cccs1)NC1C(=O)N2C(C(=O)O)=C(C=CSc3cc(=O)c4cccnc4s3)CS[C@H]12. The number of thioether (sulfide) groups is 2. The van der Waals surface area contributed by atoms with Gasteiger partial charge in [0.2, 0.25) is 5.91 Å². The molecule has 12 heteroatoms. The molecule has 2 aliphatic heterocycles. The van der Waals surface area contributed by atoms with Gasteiger partial charge in [-0.1, -0.05) is 17.8 Å². The quantitative estimate of drug-likeness (QED) is 0.344. The summed E-state index contributed by atoms with van der Waals surface area (Å²) >= 11 is 5.54. The summed E-state index contributed by atoms with van der Waals surface area (Å²) in [6.07, 6.45) is 3.47. The van der Waals surface area contributed by atoms with E-state index >= 15 is 0 Å². The molecule has 0 aromatic carbocycles. The van der Waals surface area contributed by atoms with Crippen LogP contribution < -0.4 is 10.7 Å². The van der Waals surface area contributed by atoms with Crippen LogP contribution in [-0.2, 0) is 20.8 Å². The Bertz CT molecular complexity index is 1450. The predicted molar refractivity (Wildman–Crippen MR) is 139 cm³/mol. The average molecular weight is 544 g/mol. The van der Waals surface area contributed by atoms with Crippen LogP contribution in [0.3, 0.4) is 0 Å². The van der Waals surface area contributed by atoms with E-state index in [0.29, 0.717) is 21.5 Å². The Morgan fingerprint density at radius 3 is 2.91 bits per heavy atom. The number of carbonyl (C=O) groups excluding carboxylic acids is 2. The van der Waals surface area contributed by atoms with Crippen LogP contribution in [0.2, 0.25) is 0 Å². The van der Waals surface area contributed by atoms with Gasteiger partial charge in [0.1, 0.15) is 21.9 Å². The molecule has 8 nitrogen and oxygen atoms in total. The molecule has 0 spiro atoms. The number of fused-ring (bicyclic) bond motifs is 2. The largest absolute Gasteiger partial charge is 0.477 e. The minimum absolute atomic E-state index is 0.0762. The first-order valence-electron chi connectivity index (χ1n) is 10.4. The minimum atomic E-state index is -1.20. The van der Waals surface area contributed by atoms with Crippen LogP contribution in [0.1, 0.15) is 4.88 Å². The van der Waals surface area contributed by atoms with Crippen LogP contribution in [-0.4, -0.2) is 49.9 Å². The van der Waals surface area contributed by atoms with E-state index in [1.54, 1.807) is 29.8 Å². The highest BCUT2D eigenvalue weighted by molar-refractivity contribution is 8.04. The van der Waals surface area contributed by atoms with Gasteiger partial charge in [-0.2, -0.15) is 0 Å². The summed E-state index contributed by atoms with van der Waals surface area (Å²) in [4.78, 5) is 56.5. The highest BCUT2D eigenvalue weighted by Gasteiger charge is 2.53. The second kappa shape index (κ2) is 9.97. The predicted octanol–water partition coefficient (Wildman–Crippen LogP) is 3.31. The monoisotopic (exact) mass is 543 g/mol. The Morgan fingerprint density at radius 2 is 2.14 bits per heavy atom. The molecule has 3 aromatic rings. The number of rotatable bonds is 7. The van der Waals surface area contributed by atoms with Crippen LogP contribution in [0.4, 0.5) is 0 Å². The molecule has 5 rings (SSSR count). The van der Waals surface area contributed by atoms with Gasteiger partial charge in [-0.25, -0.2) is 9.78 Å². The van der Waals surface area contributed by atoms with Gasteiger partial charge in [0.25, 0.3) is 5.91 Å². The smallest absolute Gasteiger partial charge is 0.352 e. The number of nitrogens with one attached hydrogen (secondary N) is 1. The van der Waals surface area contributed by atoms with E-state index in [-0.39, 0.29) is 23.5 Å². The zero-order valence-corrected chi connectivity index (χ0v) is 21.1. The number of carboxylic acid groups (broad SMARTS) is 1. The number of carbonyl (C=O) groups is 3. The lowest BCUT2D eigenvalue weighted by molar-refractivity contribution is -0.150. The van der Waals surface area contributed by atoms with Gasteiger partial charge < -0.3 is 10.4 Å². The van der Waals surface area contributed by atoms with E-state index in [1.165, 1.54) is 57.2 Å². The zero-order valence-electron chi connectivity index (χ0n) is 17.9. The van der Waals surface area contributed by atoms with Crippen LogP contribution >= 0.6 is 46.2 Å². The molecule has 1 fully saturated rings. The molecule has 35 heavy (non-hydrogen) atoms. The fourth-order valence-electron chi connectivity index (χ4n) is 3.78. The third-order valence-corrected chi connectivity index (χ3v) is 9.55. The van der Waals surface area contributed by atoms with Crippen molar-refractivity contribution in [2.24, 2.45) is 0 Å². The molecule has 0 radical (unpaired) electrons. The Balaban J connectivity index is 1.30. The third-order valence-electron chi connectivity index (χ3n) is 5.37. The third kappa shape index (κ3) is 4.79. The second-order valence-corrected chi connectivity index (χ2v) is 12.0. The number of hydrogen-bond acceptors (Lipinski definition) is 9. The summed E-state index contributed by atoms with van der Waals surface area (Å²) in [6, 6.07) is 7.94. The highest BCUT2D eigenvalue weighted by Crippen LogP contribution is 2.41. The highest BCUT2D eigenvalue weighted by atomic mass is 32.2. The first-order chi connectivity index (χ1) is 16.9. The molecule has 2 atom stereocenters. The molecule has 0 aliphatic carbocycles. The van der Waals surface area contributed by atoms with Gasteiger partial charge in [0.15, 0.2) is 5.43 Å². The fourth-order valence-corrected chi connectivity index (χ4v) is 7.69. The summed E-state index contributed by atoms with van der Waals surface area (Å²) < 4.78 is 0.727. The zero-order chi connectivity index (χ0) is 24.5. The number of nitrogens with zero attached hydrogens (tertiary/aromatic N) is 2. The number of β-lactam (4-membered cyclic amide) rings is 1. The molecule has 0 bridgehead atoms. The van der Waals surface area contributed by atoms with Crippen LogP contribution in [0, 0.1) is 0 Å². The van der Waals surface area contributed by atoms with Crippen molar-refractivity contribution in [2.45, 2.75) is 22.0 Å². The minimum Gasteiger partial charge on any atom is -0.477 e. The van der Waals surface area contributed by atoms with Gasteiger partial charge in [0, 0.05) is 22.9 Å². The molecular weight excluding hydrogens is 527 g/mol. The summed E-state index contributed by atoms with van der Waals surface area (Å²) in [5, 5.41) is 16.3. The van der Waals surface area contributed by atoms with Gasteiger partial charge in [0.05, 0.1) is 16.0 Å². The summed E-state index contributed by atoms with van der Waals surface area (Å²) in [5.41, 5.74) is 0.296.